The number of halogens is 2. The van der Waals surface area contributed by atoms with Gasteiger partial charge in [-0.3, -0.25) is 9.80 Å². The molecule has 2 aliphatic rings. The standard InChI is InChI=1S/C25H30Cl2N6/c26-22-11-10-20(16-23(22)27)17-24(32-13-5-12-31(14-15-32)21-8-4-9-21)25-28-29-30-33(25)18-19-6-2-1-3-7-19/h1-3,6-7,10-11,16,21,24H,4-5,8-9,12-15,17-18H2. The molecule has 3 aromatic rings. The van der Waals surface area contributed by atoms with Crippen LogP contribution in [0.15, 0.2) is 48.5 Å². The molecule has 1 aliphatic carbocycles. The summed E-state index contributed by atoms with van der Waals surface area (Å²) in [5, 5.41) is 14.1. The molecule has 1 saturated carbocycles. The van der Waals surface area contributed by atoms with Crippen molar-refractivity contribution in [2.24, 2.45) is 0 Å². The van der Waals surface area contributed by atoms with Crippen molar-refractivity contribution in [3.63, 3.8) is 0 Å². The van der Waals surface area contributed by atoms with E-state index in [2.05, 4.69) is 55.7 Å². The Labute approximate surface area is 205 Å². The van der Waals surface area contributed by atoms with E-state index in [1.165, 1.54) is 31.4 Å². The lowest BCUT2D eigenvalue weighted by atomic mass is 9.91. The highest BCUT2D eigenvalue weighted by Crippen LogP contribution is 2.30. The first kappa shape index (κ1) is 22.8. The van der Waals surface area contributed by atoms with Crippen molar-refractivity contribution in [2.45, 2.75) is 50.7 Å². The van der Waals surface area contributed by atoms with E-state index >= 15 is 0 Å². The predicted molar refractivity (Wildman–Crippen MR) is 132 cm³/mol. The van der Waals surface area contributed by atoms with Gasteiger partial charge in [-0.1, -0.05) is 66.0 Å². The van der Waals surface area contributed by atoms with Crippen molar-refractivity contribution in [1.82, 2.24) is 30.0 Å². The van der Waals surface area contributed by atoms with Gasteiger partial charge in [-0.05, 0) is 65.9 Å². The van der Waals surface area contributed by atoms with Crippen LogP contribution in [0.25, 0.3) is 0 Å². The van der Waals surface area contributed by atoms with Crippen LogP contribution in [0.2, 0.25) is 10.0 Å². The minimum atomic E-state index is 0.0716. The van der Waals surface area contributed by atoms with Gasteiger partial charge >= 0.3 is 0 Å². The zero-order valence-electron chi connectivity index (χ0n) is 18.8. The number of hydrogen-bond donors (Lipinski definition) is 0. The third kappa shape index (κ3) is 5.40. The van der Waals surface area contributed by atoms with Crippen LogP contribution in [0.1, 0.15) is 48.7 Å². The molecular weight excluding hydrogens is 455 g/mol. The fourth-order valence-electron chi connectivity index (χ4n) is 4.98. The molecule has 5 rings (SSSR count). The number of rotatable bonds is 7. The number of tetrazole rings is 1. The Morgan fingerprint density at radius 3 is 2.48 bits per heavy atom. The molecule has 1 atom stereocenters. The minimum Gasteiger partial charge on any atom is -0.299 e. The summed E-state index contributed by atoms with van der Waals surface area (Å²) in [5.41, 5.74) is 2.33. The SMILES string of the molecule is Clc1ccc(CC(c2nnnn2Cc2ccccc2)N2CCCN(C3CCC3)CC2)cc1Cl. The molecule has 174 valence electrons. The van der Waals surface area contributed by atoms with Crippen LogP contribution in [0, 0.1) is 0 Å². The molecule has 0 radical (unpaired) electrons. The molecule has 0 bridgehead atoms. The fourth-order valence-corrected chi connectivity index (χ4v) is 5.30. The Bertz CT molecular complexity index is 1050. The van der Waals surface area contributed by atoms with Gasteiger partial charge in [0.05, 0.1) is 22.6 Å². The maximum atomic E-state index is 6.35. The van der Waals surface area contributed by atoms with E-state index in [1.54, 1.807) is 0 Å². The van der Waals surface area contributed by atoms with Crippen LogP contribution in [-0.4, -0.2) is 62.2 Å². The molecular formula is C25H30Cl2N6. The minimum absolute atomic E-state index is 0.0716. The Balaban J connectivity index is 1.41. The fraction of sp³-hybridized carbons (Fsp3) is 0.480. The van der Waals surface area contributed by atoms with Crippen LogP contribution < -0.4 is 0 Å². The molecule has 2 heterocycles. The molecule has 1 aliphatic heterocycles. The largest absolute Gasteiger partial charge is 0.299 e. The van der Waals surface area contributed by atoms with E-state index < -0.39 is 0 Å². The second-order valence-corrected chi connectivity index (χ2v) is 9.97. The summed E-state index contributed by atoms with van der Waals surface area (Å²) in [6.07, 6.45) is 6.02. The van der Waals surface area contributed by atoms with Gasteiger partial charge in [-0.15, -0.1) is 5.10 Å². The summed E-state index contributed by atoms with van der Waals surface area (Å²) in [6.45, 7) is 4.98. The maximum absolute atomic E-state index is 6.35. The lowest BCUT2D eigenvalue weighted by molar-refractivity contribution is 0.124. The highest BCUT2D eigenvalue weighted by Gasteiger charge is 2.31. The molecule has 0 spiro atoms. The Morgan fingerprint density at radius 2 is 1.73 bits per heavy atom. The molecule has 2 fully saturated rings. The normalized spacial score (nSPS) is 19.2. The summed E-state index contributed by atoms with van der Waals surface area (Å²) in [7, 11) is 0. The van der Waals surface area contributed by atoms with Crippen molar-refractivity contribution in [1.29, 1.82) is 0 Å². The van der Waals surface area contributed by atoms with Gasteiger partial charge < -0.3 is 0 Å². The van der Waals surface area contributed by atoms with Crippen LogP contribution in [0.4, 0.5) is 0 Å². The van der Waals surface area contributed by atoms with Gasteiger partial charge in [-0.2, -0.15) is 0 Å². The third-order valence-corrected chi connectivity index (χ3v) is 7.78. The highest BCUT2D eigenvalue weighted by molar-refractivity contribution is 6.42. The van der Waals surface area contributed by atoms with Crippen molar-refractivity contribution >= 4 is 23.2 Å². The van der Waals surface area contributed by atoms with Crippen LogP contribution in [-0.2, 0) is 13.0 Å². The topological polar surface area (TPSA) is 50.1 Å². The maximum Gasteiger partial charge on any atom is 0.169 e. The van der Waals surface area contributed by atoms with Gasteiger partial charge in [0.1, 0.15) is 0 Å². The molecule has 0 N–H and O–H groups in total. The molecule has 1 unspecified atom stereocenters. The van der Waals surface area contributed by atoms with Crippen LogP contribution >= 0.6 is 23.2 Å². The lowest BCUT2D eigenvalue weighted by Crippen LogP contribution is -2.42. The van der Waals surface area contributed by atoms with Crippen molar-refractivity contribution < 1.29 is 0 Å². The summed E-state index contributed by atoms with van der Waals surface area (Å²) in [4.78, 5) is 5.25. The lowest BCUT2D eigenvalue weighted by Gasteiger charge is -2.37. The number of nitrogens with zero attached hydrogens (tertiary/aromatic N) is 6. The second kappa shape index (κ2) is 10.5. The Kier molecular flexibility index (Phi) is 7.26. The smallest absolute Gasteiger partial charge is 0.169 e. The summed E-state index contributed by atoms with van der Waals surface area (Å²) >= 11 is 12.5. The number of benzene rings is 2. The first-order valence-corrected chi connectivity index (χ1v) is 12.6. The van der Waals surface area contributed by atoms with E-state index in [0.717, 1.165) is 49.9 Å². The van der Waals surface area contributed by atoms with Gasteiger partial charge in [0.25, 0.3) is 0 Å². The Morgan fingerprint density at radius 1 is 0.879 bits per heavy atom. The molecule has 33 heavy (non-hydrogen) atoms. The van der Waals surface area contributed by atoms with Crippen molar-refractivity contribution in [3.8, 4) is 0 Å². The molecule has 1 saturated heterocycles. The summed E-state index contributed by atoms with van der Waals surface area (Å²) < 4.78 is 1.95. The molecule has 6 nitrogen and oxygen atoms in total. The van der Waals surface area contributed by atoms with Crippen molar-refractivity contribution in [3.05, 3.63) is 75.5 Å². The first-order chi connectivity index (χ1) is 16.2. The molecule has 1 aromatic heterocycles. The second-order valence-electron chi connectivity index (χ2n) is 9.16. The average Bonchev–Trinajstić information content (AvgIpc) is 3.10. The summed E-state index contributed by atoms with van der Waals surface area (Å²) in [6, 6.07) is 17.1. The van der Waals surface area contributed by atoms with E-state index in [9.17, 15) is 0 Å². The average molecular weight is 485 g/mol. The van der Waals surface area contributed by atoms with Crippen molar-refractivity contribution in [2.75, 3.05) is 26.2 Å². The van der Waals surface area contributed by atoms with E-state index in [1.807, 2.05) is 22.9 Å². The predicted octanol–water partition coefficient (Wildman–Crippen LogP) is 4.87. The highest BCUT2D eigenvalue weighted by atomic mass is 35.5. The van der Waals surface area contributed by atoms with Gasteiger partial charge in [-0.25, -0.2) is 4.68 Å². The number of aromatic nitrogens is 4. The summed E-state index contributed by atoms with van der Waals surface area (Å²) in [5.74, 6) is 0.905. The van der Waals surface area contributed by atoms with Gasteiger partial charge in [0.15, 0.2) is 5.82 Å². The zero-order valence-corrected chi connectivity index (χ0v) is 20.3. The van der Waals surface area contributed by atoms with Gasteiger partial charge in [0.2, 0.25) is 0 Å². The van der Waals surface area contributed by atoms with E-state index in [0.29, 0.717) is 16.6 Å². The quantitative estimate of drug-likeness (QED) is 0.478. The third-order valence-electron chi connectivity index (χ3n) is 7.04. The van der Waals surface area contributed by atoms with E-state index in [-0.39, 0.29) is 6.04 Å². The zero-order chi connectivity index (χ0) is 22.6. The van der Waals surface area contributed by atoms with Crippen LogP contribution in [0.3, 0.4) is 0 Å². The number of hydrogen-bond acceptors (Lipinski definition) is 5. The van der Waals surface area contributed by atoms with E-state index in [4.69, 9.17) is 23.2 Å². The molecule has 0 amide bonds. The first-order valence-electron chi connectivity index (χ1n) is 11.9. The van der Waals surface area contributed by atoms with Gasteiger partial charge in [0, 0.05) is 25.7 Å². The Hall–Kier alpha value is -1.99. The monoisotopic (exact) mass is 484 g/mol. The molecule has 2 aromatic carbocycles. The van der Waals surface area contributed by atoms with Crippen LogP contribution in [0.5, 0.6) is 0 Å². The molecule has 8 heteroatoms.